The summed E-state index contributed by atoms with van der Waals surface area (Å²) in [6, 6.07) is 0. The largest absolute Gasteiger partial charge is 0.467 e. The van der Waals surface area contributed by atoms with Gasteiger partial charge in [0, 0.05) is 14.1 Å². The van der Waals surface area contributed by atoms with E-state index in [1.165, 1.54) is 5.57 Å². The third-order valence-corrected chi connectivity index (χ3v) is 2.04. The summed E-state index contributed by atoms with van der Waals surface area (Å²) in [5, 5.41) is 0.537. The van der Waals surface area contributed by atoms with E-state index in [1.54, 1.807) is 4.90 Å². The van der Waals surface area contributed by atoms with Gasteiger partial charge in [-0.3, -0.25) is 0 Å². The Morgan fingerprint density at radius 1 is 1.50 bits per heavy atom. The highest BCUT2D eigenvalue weighted by Crippen LogP contribution is 1.97. The van der Waals surface area contributed by atoms with Gasteiger partial charge in [0.25, 0.3) is 5.17 Å². The van der Waals surface area contributed by atoms with Crippen molar-refractivity contribution < 1.29 is 4.74 Å². The molecule has 0 atom stereocenters. The van der Waals surface area contributed by atoms with Crippen molar-refractivity contribution in [2.75, 3.05) is 20.7 Å². The summed E-state index contributed by atoms with van der Waals surface area (Å²) in [6.07, 6.45) is 3.12. The first-order chi connectivity index (χ1) is 5.57. The van der Waals surface area contributed by atoms with Crippen LogP contribution in [0.15, 0.2) is 11.6 Å². The Morgan fingerprint density at radius 3 is 2.50 bits per heavy atom. The van der Waals surface area contributed by atoms with Crippen molar-refractivity contribution in [1.82, 2.24) is 4.90 Å². The maximum Gasteiger partial charge on any atom is 0.259 e. The summed E-state index contributed by atoms with van der Waals surface area (Å²) in [7, 11) is 3.75. The molecule has 0 spiro atoms. The number of hydrogen-bond acceptors (Lipinski definition) is 2. The fourth-order valence-corrected chi connectivity index (χ4v) is 0.597. The van der Waals surface area contributed by atoms with Crippen LogP contribution in [0, 0.1) is 0 Å². The monoisotopic (exact) mass is 187 g/mol. The highest BCUT2D eigenvalue weighted by atomic mass is 32.1. The molecule has 0 fully saturated rings. The lowest BCUT2D eigenvalue weighted by Crippen LogP contribution is -2.22. The van der Waals surface area contributed by atoms with E-state index >= 15 is 0 Å². The molecular weight excluding hydrogens is 170 g/mol. The van der Waals surface area contributed by atoms with Gasteiger partial charge in [0.2, 0.25) is 0 Å². The minimum absolute atomic E-state index is 0.537. The van der Waals surface area contributed by atoms with E-state index in [0.717, 1.165) is 6.42 Å². The SMILES string of the molecule is CC/C(C)=C/COC(=S)N(C)C. The molecule has 0 aliphatic heterocycles. The molecule has 0 N–H and O–H groups in total. The van der Waals surface area contributed by atoms with Crippen LogP contribution in [0.4, 0.5) is 0 Å². The van der Waals surface area contributed by atoms with Crippen molar-refractivity contribution >= 4 is 17.4 Å². The van der Waals surface area contributed by atoms with Gasteiger partial charge in [-0.1, -0.05) is 12.5 Å². The number of ether oxygens (including phenoxy) is 1. The average Bonchev–Trinajstić information content (AvgIpc) is 2.03. The topological polar surface area (TPSA) is 12.5 Å². The quantitative estimate of drug-likeness (QED) is 0.496. The van der Waals surface area contributed by atoms with Crippen LogP contribution in [0.3, 0.4) is 0 Å². The predicted molar refractivity (Wildman–Crippen MR) is 56.3 cm³/mol. The van der Waals surface area contributed by atoms with Crippen molar-refractivity contribution in [3.8, 4) is 0 Å². The molecule has 70 valence electrons. The molecule has 0 bridgehead atoms. The Balaban J connectivity index is 3.63. The Kier molecular flexibility index (Phi) is 5.72. The zero-order chi connectivity index (χ0) is 9.56. The van der Waals surface area contributed by atoms with E-state index < -0.39 is 0 Å². The predicted octanol–water partition coefficient (Wildman–Crippen LogP) is 2.21. The Hall–Kier alpha value is -0.570. The van der Waals surface area contributed by atoms with Crippen molar-refractivity contribution in [2.24, 2.45) is 0 Å². The third-order valence-electron chi connectivity index (χ3n) is 1.56. The second-order valence-corrected chi connectivity index (χ2v) is 3.22. The number of nitrogens with zero attached hydrogens (tertiary/aromatic N) is 1. The average molecular weight is 187 g/mol. The van der Waals surface area contributed by atoms with Crippen LogP contribution in [0.25, 0.3) is 0 Å². The molecule has 12 heavy (non-hydrogen) atoms. The highest BCUT2D eigenvalue weighted by Gasteiger charge is 1.96. The van der Waals surface area contributed by atoms with Crippen molar-refractivity contribution in [3.05, 3.63) is 11.6 Å². The molecule has 0 amide bonds. The van der Waals surface area contributed by atoms with E-state index in [0.29, 0.717) is 11.8 Å². The van der Waals surface area contributed by atoms with Gasteiger partial charge in [0.15, 0.2) is 0 Å². The molecule has 0 heterocycles. The molecule has 0 rings (SSSR count). The van der Waals surface area contributed by atoms with Gasteiger partial charge in [-0.05, 0) is 31.6 Å². The lowest BCUT2D eigenvalue weighted by Gasteiger charge is -2.12. The zero-order valence-corrected chi connectivity index (χ0v) is 9.07. The van der Waals surface area contributed by atoms with E-state index in [4.69, 9.17) is 17.0 Å². The second-order valence-electron chi connectivity index (χ2n) is 2.88. The molecule has 3 heteroatoms. The minimum atomic E-state index is 0.537. The fraction of sp³-hybridized carbons (Fsp3) is 0.667. The number of thiocarbonyl (C=S) groups is 1. The highest BCUT2D eigenvalue weighted by molar-refractivity contribution is 7.80. The molecular formula is C9H17NOS. The third kappa shape index (κ3) is 5.13. The maximum absolute atomic E-state index is 5.26. The van der Waals surface area contributed by atoms with Crippen molar-refractivity contribution in [3.63, 3.8) is 0 Å². The van der Waals surface area contributed by atoms with Crippen LogP contribution in [-0.4, -0.2) is 30.8 Å². The van der Waals surface area contributed by atoms with E-state index in [2.05, 4.69) is 19.9 Å². The molecule has 0 aromatic heterocycles. The normalized spacial score (nSPS) is 11.2. The lowest BCUT2D eigenvalue weighted by atomic mass is 10.2. The number of allylic oxidation sites excluding steroid dienone is 1. The van der Waals surface area contributed by atoms with E-state index in [1.807, 2.05) is 14.1 Å². The molecule has 0 saturated carbocycles. The first-order valence-corrected chi connectivity index (χ1v) is 4.48. The van der Waals surface area contributed by atoms with Crippen LogP contribution in [0.1, 0.15) is 20.3 Å². The number of rotatable bonds is 3. The van der Waals surface area contributed by atoms with Crippen molar-refractivity contribution in [1.29, 1.82) is 0 Å². The van der Waals surface area contributed by atoms with E-state index in [9.17, 15) is 0 Å². The van der Waals surface area contributed by atoms with Crippen molar-refractivity contribution in [2.45, 2.75) is 20.3 Å². The smallest absolute Gasteiger partial charge is 0.259 e. The summed E-state index contributed by atoms with van der Waals surface area (Å²) in [5.41, 5.74) is 1.33. The molecule has 0 aromatic rings. The van der Waals surface area contributed by atoms with Crippen LogP contribution >= 0.6 is 12.2 Å². The molecule has 0 aliphatic rings. The first-order valence-electron chi connectivity index (χ1n) is 4.07. The fourth-order valence-electron chi connectivity index (χ4n) is 0.529. The first kappa shape index (κ1) is 11.4. The summed E-state index contributed by atoms with van der Waals surface area (Å²) in [5.74, 6) is 0. The van der Waals surface area contributed by atoms with Gasteiger partial charge in [-0.25, -0.2) is 0 Å². The Labute approximate surface area is 80.2 Å². The summed E-state index contributed by atoms with van der Waals surface area (Å²) in [4.78, 5) is 1.78. The molecule has 0 aliphatic carbocycles. The Bertz CT molecular complexity index is 175. The van der Waals surface area contributed by atoms with Gasteiger partial charge in [0.05, 0.1) is 0 Å². The molecule has 2 nitrogen and oxygen atoms in total. The molecule has 0 radical (unpaired) electrons. The van der Waals surface area contributed by atoms with Crippen LogP contribution in [-0.2, 0) is 4.74 Å². The van der Waals surface area contributed by atoms with Crippen LogP contribution in [0.2, 0.25) is 0 Å². The molecule has 0 unspecified atom stereocenters. The Morgan fingerprint density at radius 2 is 2.08 bits per heavy atom. The van der Waals surface area contributed by atoms with Crippen LogP contribution < -0.4 is 0 Å². The van der Waals surface area contributed by atoms with Gasteiger partial charge in [-0.15, -0.1) is 0 Å². The summed E-state index contributed by atoms with van der Waals surface area (Å²) >= 11 is 4.94. The van der Waals surface area contributed by atoms with Gasteiger partial charge >= 0.3 is 0 Å². The maximum atomic E-state index is 5.26. The lowest BCUT2D eigenvalue weighted by molar-refractivity contribution is 0.304. The minimum Gasteiger partial charge on any atom is -0.467 e. The molecule has 0 aromatic carbocycles. The summed E-state index contributed by atoms with van der Waals surface area (Å²) in [6.45, 7) is 4.79. The standard InChI is InChI=1S/C9H17NOS/c1-5-8(2)6-7-11-9(12)10(3)4/h6H,5,7H2,1-4H3/b8-6+. The van der Waals surface area contributed by atoms with Crippen LogP contribution in [0.5, 0.6) is 0 Å². The number of hydrogen-bond donors (Lipinski definition) is 0. The summed E-state index contributed by atoms with van der Waals surface area (Å²) < 4.78 is 5.26. The van der Waals surface area contributed by atoms with Gasteiger partial charge < -0.3 is 9.64 Å². The van der Waals surface area contributed by atoms with Gasteiger partial charge in [-0.2, -0.15) is 0 Å². The van der Waals surface area contributed by atoms with E-state index in [-0.39, 0.29) is 0 Å². The molecule has 0 saturated heterocycles. The zero-order valence-electron chi connectivity index (χ0n) is 8.26. The second kappa shape index (κ2) is 6.00. The van der Waals surface area contributed by atoms with Gasteiger partial charge in [0.1, 0.15) is 6.61 Å².